The molecule has 1 aliphatic rings. The van der Waals surface area contributed by atoms with Crippen molar-refractivity contribution in [1.29, 1.82) is 0 Å². The van der Waals surface area contributed by atoms with Crippen LogP contribution in [0.5, 0.6) is 28.7 Å². The smallest absolute Gasteiger partial charge is 0.208 e. The number of rotatable bonds is 8. The van der Waals surface area contributed by atoms with Crippen LogP contribution in [0.25, 0.3) is 32.7 Å². The molecule has 0 atom stereocenters. The number of hydrogen-bond donors (Lipinski definition) is 5. The number of thiophene rings is 1. The Labute approximate surface area is 334 Å². The first-order valence-corrected chi connectivity index (χ1v) is 19.4. The fourth-order valence-electron chi connectivity index (χ4n) is 7.92. The summed E-state index contributed by atoms with van der Waals surface area (Å²) in [5.41, 5.74) is 11.3. The van der Waals surface area contributed by atoms with E-state index in [-0.39, 0.29) is 11.1 Å². The molecule has 0 saturated carbocycles. The Hall–Kier alpha value is -7.16. The fourth-order valence-corrected chi connectivity index (χ4v) is 8.96. The van der Waals surface area contributed by atoms with Crippen LogP contribution < -0.4 is 9.80 Å². The SMILES string of the molecule is CC1(C)c2ccccc2-c2ccc(N(c3ccccc3)c3ccc(-c4ccc(N(c5ccc(-c6ccccc6)s5)c5c(O)c(O)c(O)c(O)c5O)cc4)cc3)cc21. The number of nitrogens with zero attached hydrogens (tertiary/aromatic N) is 2. The van der Waals surface area contributed by atoms with Crippen molar-refractivity contribution in [2.75, 3.05) is 9.80 Å². The van der Waals surface area contributed by atoms with E-state index in [0.717, 1.165) is 38.6 Å². The van der Waals surface area contributed by atoms with E-state index >= 15 is 0 Å². The predicted molar refractivity (Wildman–Crippen MR) is 230 cm³/mol. The normalized spacial score (nSPS) is 12.5. The lowest BCUT2D eigenvalue weighted by Crippen LogP contribution is -2.16. The summed E-state index contributed by atoms with van der Waals surface area (Å²) in [7, 11) is 0. The quantitative estimate of drug-likeness (QED) is 0.0774. The van der Waals surface area contributed by atoms with Crippen LogP contribution in [0.1, 0.15) is 25.0 Å². The minimum atomic E-state index is -1.01. The van der Waals surface area contributed by atoms with Crippen molar-refractivity contribution < 1.29 is 25.5 Å². The van der Waals surface area contributed by atoms with Gasteiger partial charge in [0, 0.05) is 33.0 Å². The summed E-state index contributed by atoms with van der Waals surface area (Å²) < 4.78 is 0. The number of aromatic hydroxyl groups is 5. The molecule has 5 N–H and O–H groups in total. The number of phenols is 5. The van der Waals surface area contributed by atoms with Gasteiger partial charge in [-0.2, -0.15) is 0 Å². The standard InChI is InChI=1S/C49H38N2O5S/c1-49(2)39-16-10-9-15-37(39)38-26-25-36(29-40(38)49)50(33-13-7-4-8-14-33)34-21-17-30(18-22-34)31-19-23-35(24-20-31)51(43-44(52)46(54)48(56)47(55)45(43)53)42-28-27-41(57-42)32-11-5-3-6-12-32/h3-29,52-56H,1-2H3. The van der Waals surface area contributed by atoms with Gasteiger partial charge < -0.3 is 30.4 Å². The number of fused-ring (bicyclic) bond motifs is 3. The molecule has 1 heterocycles. The second-order valence-electron chi connectivity index (χ2n) is 14.6. The van der Waals surface area contributed by atoms with E-state index in [9.17, 15) is 25.5 Å². The average molecular weight is 767 g/mol. The molecule has 0 saturated heterocycles. The van der Waals surface area contributed by atoms with Crippen LogP contribution in [0.15, 0.2) is 164 Å². The highest BCUT2D eigenvalue weighted by Crippen LogP contribution is 2.59. The highest BCUT2D eigenvalue weighted by Gasteiger charge is 2.36. The Balaban J connectivity index is 1.07. The lowest BCUT2D eigenvalue weighted by atomic mass is 9.82. The third-order valence-corrected chi connectivity index (χ3v) is 12.0. The Kier molecular flexibility index (Phi) is 8.63. The third-order valence-electron chi connectivity index (χ3n) is 10.9. The highest BCUT2D eigenvalue weighted by atomic mass is 32.1. The summed E-state index contributed by atoms with van der Waals surface area (Å²) in [5.74, 6) is -4.46. The molecule has 1 aromatic heterocycles. The molecule has 8 aromatic rings. The van der Waals surface area contributed by atoms with Gasteiger partial charge in [-0.15, -0.1) is 11.3 Å². The number of hydrogen-bond acceptors (Lipinski definition) is 8. The van der Waals surface area contributed by atoms with Gasteiger partial charge in [0.2, 0.25) is 17.2 Å². The van der Waals surface area contributed by atoms with E-state index < -0.39 is 28.7 Å². The molecule has 9 rings (SSSR count). The molecule has 8 heteroatoms. The molecule has 7 nitrogen and oxygen atoms in total. The molecular weight excluding hydrogens is 729 g/mol. The van der Waals surface area contributed by atoms with Crippen molar-refractivity contribution in [2.24, 2.45) is 0 Å². The largest absolute Gasteiger partial charge is 0.503 e. The van der Waals surface area contributed by atoms with Gasteiger partial charge in [-0.25, -0.2) is 0 Å². The van der Waals surface area contributed by atoms with Crippen LogP contribution in [-0.4, -0.2) is 25.5 Å². The minimum Gasteiger partial charge on any atom is -0.503 e. The first kappa shape index (κ1) is 35.5. The van der Waals surface area contributed by atoms with Crippen LogP contribution in [0.3, 0.4) is 0 Å². The maximum Gasteiger partial charge on any atom is 0.208 e. The predicted octanol–water partition coefficient (Wildman–Crippen LogP) is 12.9. The third kappa shape index (κ3) is 5.98. The lowest BCUT2D eigenvalue weighted by molar-refractivity contribution is 0.329. The molecule has 0 amide bonds. The zero-order valence-electron chi connectivity index (χ0n) is 31.1. The van der Waals surface area contributed by atoms with E-state index in [0.29, 0.717) is 10.7 Å². The molecule has 7 aromatic carbocycles. The first-order valence-electron chi connectivity index (χ1n) is 18.6. The molecule has 0 unspecified atom stereocenters. The van der Waals surface area contributed by atoms with Gasteiger partial charge in [-0.1, -0.05) is 117 Å². The van der Waals surface area contributed by atoms with Crippen molar-refractivity contribution in [3.8, 4) is 61.4 Å². The van der Waals surface area contributed by atoms with Crippen molar-refractivity contribution in [3.63, 3.8) is 0 Å². The van der Waals surface area contributed by atoms with E-state index in [4.69, 9.17) is 0 Å². The molecule has 0 aliphatic heterocycles. The second-order valence-corrected chi connectivity index (χ2v) is 15.7. The van der Waals surface area contributed by atoms with E-state index in [1.165, 1.54) is 33.6 Å². The topological polar surface area (TPSA) is 108 Å². The van der Waals surface area contributed by atoms with Gasteiger partial charge in [-0.05, 0) is 99.6 Å². The molecule has 0 bridgehead atoms. The zero-order chi connectivity index (χ0) is 39.4. The van der Waals surface area contributed by atoms with Gasteiger partial charge >= 0.3 is 0 Å². The fraction of sp³-hybridized carbons (Fsp3) is 0.0612. The van der Waals surface area contributed by atoms with Crippen LogP contribution >= 0.6 is 11.3 Å². The first-order chi connectivity index (χ1) is 27.6. The number of anilines is 6. The highest BCUT2D eigenvalue weighted by molar-refractivity contribution is 7.19. The van der Waals surface area contributed by atoms with Crippen LogP contribution in [0.4, 0.5) is 33.4 Å². The number of para-hydroxylation sites is 1. The molecule has 0 fully saturated rings. The maximum absolute atomic E-state index is 11.1. The monoisotopic (exact) mass is 766 g/mol. The average Bonchev–Trinajstić information content (AvgIpc) is 3.83. The van der Waals surface area contributed by atoms with Gasteiger partial charge in [0.05, 0.1) is 0 Å². The molecule has 1 aliphatic carbocycles. The summed E-state index contributed by atoms with van der Waals surface area (Å²) in [6, 6.07) is 55.3. The van der Waals surface area contributed by atoms with Gasteiger partial charge in [0.25, 0.3) is 0 Å². The van der Waals surface area contributed by atoms with Gasteiger partial charge in [0.1, 0.15) is 10.7 Å². The Bertz CT molecular complexity index is 2730. The molecule has 0 spiro atoms. The second kappa shape index (κ2) is 13.8. The zero-order valence-corrected chi connectivity index (χ0v) is 31.9. The van der Waals surface area contributed by atoms with Gasteiger partial charge in [-0.3, -0.25) is 4.90 Å². The summed E-state index contributed by atoms with van der Waals surface area (Å²) in [4.78, 5) is 4.74. The van der Waals surface area contributed by atoms with Crippen molar-refractivity contribution in [1.82, 2.24) is 0 Å². The Morgan fingerprint density at radius 1 is 0.404 bits per heavy atom. The number of phenolic OH excluding ortho intramolecular Hbond substituents is 5. The Morgan fingerprint density at radius 2 is 0.895 bits per heavy atom. The maximum atomic E-state index is 11.1. The van der Waals surface area contributed by atoms with Gasteiger partial charge in [0.15, 0.2) is 11.5 Å². The Morgan fingerprint density at radius 3 is 1.53 bits per heavy atom. The molecule has 280 valence electrons. The van der Waals surface area contributed by atoms with Crippen molar-refractivity contribution in [2.45, 2.75) is 19.3 Å². The summed E-state index contributed by atoms with van der Waals surface area (Å²) in [5, 5.41) is 53.9. The minimum absolute atomic E-state index is 0.135. The van der Waals surface area contributed by atoms with Crippen LogP contribution in [0, 0.1) is 0 Å². The number of benzene rings is 7. The molecular formula is C49H38N2O5S. The summed E-state index contributed by atoms with van der Waals surface area (Å²) >= 11 is 1.39. The van der Waals surface area contributed by atoms with E-state index in [2.05, 4.69) is 97.6 Å². The summed E-state index contributed by atoms with van der Waals surface area (Å²) in [6.45, 7) is 4.58. The van der Waals surface area contributed by atoms with Crippen LogP contribution in [-0.2, 0) is 5.41 Å². The van der Waals surface area contributed by atoms with E-state index in [1.54, 1.807) is 4.90 Å². The van der Waals surface area contributed by atoms with Crippen molar-refractivity contribution >= 4 is 44.8 Å². The van der Waals surface area contributed by atoms with E-state index in [1.807, 2.05) is 84.9 Å². The molecule has 57 heavy (non-hydrogen) atoms. The molecule has 0 radical (unpaired) electrons. The van der Waals surface area contributed by atoms with Crippen molar-refractivity contribution in [3.05, 3.63) is 175 Å². The lowest BCUT2D eigenvalue weighted by Gasteiger charge is -2.28. The summed E-state index contributed by atoms with van der Waals surface area (Å²) in [6.07, 6.45) is 0. The van der Waals surface area contributed by atoms with Crippen LogP contribution in [0.2, 0.25) is 0 Å².